The summed E-state index contributed by atoms with van der Waals surface area (Å²) in [6.07, 6.45) is 0.645. The van der Waals surface area contributed by atoms with Gasteiger partial charge in [0.25, 0.3) is 0 Å². The fourth-order valence-corrected chi connectivity index (χ4v) is 3.31. The third-order valence-electron chi connectivity index (χ3n) is 4.53. The predicted octanol–water partition coefficient (Wildman–Crippen LogP) is 2.25. The van der Waals surface area contributed by atoms with Gasteiger partial charge in [0.05, 0.1) is 12.6 Å². The van der Waals surface area contributed by atoms with Gasteiger partial charge in [-0.15, -0.1) is 0 Å². The molecule has 5 heteroatoms. The molecule has 0 fully saturated rings. The lowest BCUT2D eigenvalue weighted by molar-refractivity contribution is -0.142. The highest BCUT2D eigenvalue weighted by molar-refractivity contribution is 6.02. The molecule has 2 aromatic rings. The molecule has 0 unspecified atom stereocenters. The smallest absolute Gasteiger partial charge is 0.326 e. The molecule has 1 heterocycles. The molecule has 1 aliphatic rings. The first-order chi connectivity index (χ1) is 12.1. The zero-order chi connectivity index (χ0) is 17.8. The van der Waals surface area contributed by atoms with Crippen molar-refractivity contribution in [3.05, 3.63) is 65.7 Å². The number of para-hydroxylation sites is 1. The Labute approximate surface area is 147 Å². The number of hydrogen-bond acceptors (Lipinski definition) is 4. The molecule has 0 spiro atoms. The maximum Gasteiger partial charge on any atom is 0.326 e. The van der Waals surface area contributed by atoms with E-state index in [9.17, 15) is 9.59 Å². The van der Waals surface area contributed by atoms with Crippen LogP contribution in [0, 0.1) is 0 Å². The van der Waals surface area contributed by atoms with E-state index in [0.717, 1.165) is 16.8 Å². The molecular formula is C20H22N2O3. The number of nitrogens with zero attached hydrogens (tertiary/aromatic N) is 1. The lowest BCUT2D eigenvalue weighted by Crippen LogP contribution is -2.48. The molecule has 0 aromatic heterocycles. The van der Waals surface area contributed by atoms with Crippen LogP contribution in [0.25, 0.3) is 0 Å². The molecule has 130 valence electrons. The Morgan fingerprint density at radius 1 is 1.16 bits per heavy atom. The van der Waals surface area contributed by atoms with Gasteiger partial charge >= 0.3 is 5.97 Å². The SMILES string of the molecule is CCOC(=O)CN1C(=O)[C@@H](N)[C@@H](c2ccccc2)Cc2ccccc21. The first-order valence-electron chi connectivity index (χ1n) is 8.47. The van der Waals surface area contributed by atoms with Crippen LogP contribution in [0.3, 0.4) is 0 Å². The van der Waals surface area contributed by atoms with Gasteiger partial charge in [-0.2, -0.15) is 0 Å². The minimum atomic E-state index is -0.718. The van der Waals surface area contributed by atoms with E-state index >= 15 is 0 Å². The Bertz CT molecular complexity index is 761. The second-order valence-electron chi connectivity index (χ2n) is 6.11. The molecule has 0 saturated carbocycles. The van der Waals surface area contributed by atoms with Crippen LogP contribution in [-0.2, 0) is 20.7 Å². The molecule has 0 radical (unpaired) electrons. The second kappa shape index (κ2) is 7.49. The number of ether oxygens (including phenoxy) is 1. The molecule has 2 atom stereocenters. The van der Waals surface area contributed by atoms with Gasteiger partial charge in [-0.1, -0.05) is 48.5 Å². The maximum absolute atomic E-state index is 13.0. The Morgan fingerprint density at radius 2 is 1.84 bits per heavy atom. The highest BCUT2D eigenvalue weighted by atomic mass is 16.5. The molecule has 3 rings (SSSR count). The molecule has 0 saturated heterocycles. The standard InChI is InChI=1S/C20H22N2O3/c1-2-25-18(23)13-22-17-11-7-6-10-15(17)12-16(19(21)20(22)24)14-8-4-3-5-9-14/h3-11,16,19H,2,12-13,21H2,1H3/t16-,19+/m1/s1. The van der Waals surface area contributed by atoms with Gasteiger partial charge in [0.15, 0.2) is 0 Å². The van der Waals surface area contributed by atoms with E-state index in [-0.39, 0.29) is 25.0 Å². The molecule has 5 nitrogen and oxygen atoms in total. The van der Waals surface area contributed by atoms with Gasteiger partial charge in [-0.05, 0) is 30.5 Å². The minimum absolute atomic E-state index is 0.126. The summed E-state index contributed by atoms with van der Waals surface area (Å²) >= 11 is 0. The first kappa shape index (κ1) is 17.2. The molecule has 0 bridgehead atoms. The van der Waals surface area contributed by atoms with Gasteiger partial charge in [-0.25, -0.2) is 0 Å². The van der Waals surface area contributed by atoms with Crippen molar-refractivity contribution >= 4 is 17.6 Å². The number of benzene rings is 2. The van der Waals surface area contributed by atoms with Crippen LogP contribution >= 0.6 is 0 Å². The number of amides is 1. The summed E-state index contributed by atoms with van der Waals surface area (Å²) in [5, 5.41) is 0. The molecule has 0 aliphatic carbocycles. The summed E-state index contributed by atoms with van der Waals surface area (Å²) in [4.78, 5) is 26.5. The number of esters is 1. The van der Waals surface area contributed by atoms with Gasteiger partial charge in [-0.3, -0.25) is 14.5 Å². The summed E-state index contributed by atoms with van der Waals surface area (Å²) in [5.41, 5.74) is 9.09. The van der Waals surface area contributed by atoms with Crippen molar-refractivity contribution in [3.8, 4) is 0 Å². The fourth-order valence-electron chi connectivity index (χ4n) is 3.31. The van der Waals surface area contributed by atoms with E-state index in [4.69, 9.17) is 10.5 Å². The zero-order valence-corrected chi connectivity index (χ0v) is 14.2. The largest absolute Gasteiger partial charge is 0.465 e. The Morgan fingerprint density at radius 3 is 2.56 bits per heavy atom. The van der Waals surface area contributed by atoms with E-state index in [1.165, 1.54) is 4.90 Å². The molecule has 1 amide bonds. The molecular weight excluding hydrogens is 316 g/mol. The predicted molar refractivity (Wildman–Crippen MR) is 96.3 cm³/mol. The van der Waals surface area contributed by atoms with Crippen LogP contribution in [-0.4, -0.2) is 31.1 Å². The van der Waals surface area contributed by atoms with Gasteiger partial charge < -0.3 is 10.5 Å². The molecule has 1 aliphatic heterocycles. The Kier molecular flexibility index (Phi) is 5.14. The van der Waals surface area contributed by atoms with E-state index in [1.807, 2.05) is 54.6 Å². The van der Waals surface area contributed by atoms with Crippen molar-refractivity contribution < 1.29 is 14.3 Å². The van der Waals surface area contributed by atoms with Gasteiger partial charge in [0.1, 0.15) is 6.54 Å². The monoisotopic (exact) mass is 338 g/mol. The highest BCUT2D eigenvalue weighted by Gasteiger charge is 2.36. The van der Waals surface area contributed by atoms with Crippen LogP contribution in [0.2, 0.25) is 0 Å². The van der Waals surface area contributed by atoms with Crippen molar-refractivity contribution in [1.29, 1.82) is 0 Å². The van der Waals surface area contributed by atoms with Crippen LogP contribution in [0.1, 0.15) is 24.0 Å². The quantitative estimate of drug-likeness (QED) is 0.868. The van der Waals surface area contributed by atoms with Crippen molar-refractivity contribution in [3.63, 3.8) is 0 Å². The number of rotatable bonds is 4. The molecule has 2 aromatic carbocycles. The minimum Gasteiger partial charge on any atom is -0.465 e. The number of carbonyl (C=O) groups excluding carboxylic acids is 2. The van der Waals surface area contributed by atoms with Crippen LogP contribution in [0.4, 0.5) is 5.69 Å². The van der Waals surface area contributed by atoms with Crippen molar-refractivity contribution in [2.45, 2.75) is 25.3 Å². The van der Waals surface area contributed by atoms with E-state index < -0.39 is 12.0 Å². The van der Waals surface area contributed by atoms with E-state index in [0.29, 0.717) is 6.42 Å². The lowest BCUT2D eigenvalue weighted by atomic mass is 9.87. The summed E-state index contributed by atoms with van der Waals surface area (Å²) in [5.74, 6) is -0.829. The average molecular weight is 338 g/mol. The van der Waals surface area contributed by atoms with E-state index in [2.05, 4.69) is 0 Å². The summed E-state index contributed by atoms with van der Waals surface area (Å²) in [7, 11) is 0. The average Bonchev–Trinajstić information content (AvgIpc) is 2.73. The van der Waals surface area contributed by atoms with Crippen LogP contribution in [0.15, 0.2) is 54.6 Å². The topological polar surface area (TPSA) is 72.6 Å². The van der Waals surface area contributed by atoms with E-state index in [1.54, 1.807) is 6.92 Å². The van der Waals surface area contributed by atoms with Gasteiger partial charge in [0, 0.05) is 11.6 Å². The van der Waals surface area contributed by atoms with Crippen molar-refractivity contribution in [2.24, 2.45) is 5.73 Å². The Hall–Kier alpha value is -2.66. The number of anilines is 1. The second-order valence-corrected chi connectivity index (χ2v) is 6.11. The molecule has 25 heavy (non-hydrogen) atoms. The normalized spacial score (nSPS) is 19.9. The number of hydrogen-bond donors (Lipinski definition) is 1. The first-order valence-corrected chi connectivity index (χ1v) is 8.47. The fraction of sp³-hybridized carbons (Fsp3) is 0.300. The van der Waals surface area contributed by atoms with Gasteiger partial charge in [0.2, 0.25) is 5.91 Å². The highest BCUT2D eigenvalue weighted by Crippen LogP contribution is 2.34. The van der Waals surface area contributed by atoms with Crippen molar-refractivity contribution in [1.82, 2.24) is 0 Å². The molecule has 2 N–H and O–H groups in total. The summed E-state index contributed by atoms with van der Waals surface area (Å²) in [6.45, 7) is 1.90. The zero-order valence-electron chi connectivity index (χ0n) is 14.2. The third kappa shape index (κ3) is 3.56. The number of carbonyl (C=O) groups is 2. The lowest BCUT2D eigenvalue weighted by Gasteiger charge is -2.25. The van der Waals surface area contributed by atoms with Crippen LogP contribution in [0.5, 0.6) is 0 Å². The third-order valence-corrected chi connectivity index (χ3v) is 4.53. The Balaban J connectivity index is 2.00. The van der Waals surface area contributed by atoms with Crippen molar-refractivity contribution in [2.75, 3.05) is 18.1 Å². The van der Waals surface area contributed by atoms with Crippen LogP contribution < -0.4 is 10.6 Å². The number of fused-ring (bicyclic) bond motifs is 1. The maximum atomic E-state index is 13.0. The summed E-state index contributed by atoms with van der Waals surface area (Å²) in [6, 6.07) is 16.7. The summed E-state index contributed by atoms with van der Waals surface area (Å²) < 4.78 is 5.02. The number of nitrogens with two attached hydrogens (primary N) is 1.